The van der Waals surface area contributed by atoms with Crippen LogP contribution in [0.4, 0.5) is 4.79 Å². The third-order valence-electron chi connectivity index (χ3n) is 5.35. The molecule has 0 bridgehead atoms. The summed E-state index contributed by atoms with van der Waals surface area (Å²) in [6, 6.07) is 3.68. The van der Waals surface area contributed by atoms with Crippen LogP contribution in [0.5, 0.6) is 11.5 Å². The fourth-order valence-corrected chi connectivity index (χ4v) is 3.84. The first-order chi connectivity index (χ1) is 13.5. The van der Waals surface area contributed by atoms with Gasteiger partial charge in [-0.2, -0.15) is 0 Å². The highest BCUT2D eigenvalue weighted by molar-refractivity contribution is 5.95. The van der Waals surface area contributed by atoms with Crippen molar-refractivity contribution in [3.63, 3.8) is 0 Å². The minimum Gasteiger partial charge on any atom is -0.504 e. The van der Waals surface area contributed by atoms with E-state index in [9.17, 15) is 14.7 Å². The van der Waals surface area contributed by atoms with Gasteiger partial charge in [-0.1, -0.05) is 25.3 Å². The summed E-state index contributed by atoms with van der Waals surface area (Å²) in [4.78, 5) is 25.1. The molecule has 2 amide bonds. The highest BCUT2D eigenvalue weighted by Gasteiger charge is 2.33. The molecular weight excluding hydrogens is 360 g/mol. The molecule has 1 fully saturated rings. The summed E-state index contributed by atoms with van der Waals surface area (Å²) in [5.74, 6) is -0.158. The van der Waals surface area contributed by atoms with Gasteiger partial charge in [0.15, 0.2) is 11.5 Å². The number of phenolic OH excluding ortho intramolecular Hbond substituents is 1. The summed E-state index contributed by atoms with van der Waals surface area (Å²) >= 11 is 0. The van der Waals surface area contributed by atoms with Crippen LogP contribution < -0.4 is 15.4 Å². The molecule has 0 radical (unpaired) electrons. The molecule has 0 unspecified atom stereocenters. The van der Waals surface area contributed by atoms with Gasteiger partial charge in [0.2, 0.25) is 0 Å². The number of benzene rings is 1. The molecule has 28 heavy (non-hydrogen) atoms. The molecular formula is C21H28N2O5. The first-order valence-electron chi connectivity index (χ1n) is 9.85. The van der Waals surface area contributed by atoms with Crippen LogP contribution in [-0.2, 0) is 9.53 Å². The van der Waals surface area contributed by atoms with Gasteiger partial charge < -0.3 is 25.2 Å². The number of carbonyl (C=O) groups is 2. The van der Waals surface area contributed by atoms with Crippen molar-refractivity contribution in [2.24, 2.45) is 0 Å². The number of rotatable bonds is 4. The molecule has 152 valence electrons. The van der Waals surface area contributed by atoms with Crippen LogP contribution in [-0.4, -0.2) is 30.3 Å². The minimum absolute atomic E-state index is 0.00846. The van der Waals surface area contributed by atoms with Gasteiger partial charge in [0.05, 0.1) is 18.7 Å². The van der Waals surface area contributed by atoms with Gasteiger partial charge in [-0.25, -0.2) is 9.59 Å². The summed E-state index contributed by atoms with van der Waals surface area (Å²) in [6.07, 6.45) is 7.34. The zero-order valence-corrected chi connectivity index (χ0v) is 16.4. The number of aromatic hydroxyl groups is 1. The van der Waals surface area contributed by atoms with Gasteiger partial charge >= 0.3 is 12.0 Å². The maximum absolute atomic E-state index is 13.0. The van der Waals surface area contributed by atoms with E-state index < -0.39 is 18.0 Å². The Kier molecular flexibility index (Phi) is 6.44. The van der Waals surface area contributed by atoms with Crippen molar-refractivity contribution >= 4 is 12.0 Å². The molecule has 7 heteroatoms. The topological polar surface area (TPSA) is 96.9 Å². The number of hydrogen-bond donors (Lipinski definition) is 3. The Hall–Kier alpha value is -2.70. The molecule has 1 aliphatic carbocycles. The van der Waals surface area contributed by atoms with Crippen LogP contribution in [0.1, 0.15) is 63.5 Å². The molecule has 0 spiro atoms. The van der Waals surface area contributed by atoms with Crippen molar-refractivity contribution in [3.8, 4) is 11.5 Å². The number of carbonyl (C=O) groups excluding carboxylic acids is 2. The van der Waals surface area contributed by atoms with Crippen LogP contribution in [0.2, 0.25) is 0 Å². The van der Waals surface area contributed by atoms with Gasteiger partial charge in [-0.05, 0) is 50.3 Å². The monoisotopic (exact) mass is 388 g/mol. The van der Waals surface area contributed by atoms with E-state index in [-0.39, 0.29) is 17.6 Å². The summed E-state index contributed by atoms with van der Waals surface area (Å²) in [7, 11) is 1.45. The van der Waals surface area contributed by atoms with E-state index >= 15 is 0 Å². The standard InChI is InChI=1S/C21H28N2O5/c1-13-18(20(25)28-15-8-6-4-3-5-7-9-15)19(23-21(26)22-13)14-10-11-16(24)17(12-14)27-2/h10-12,15,19,24H,3-9H2,1-2H3,(H2,22,23,26)/t19-/m1/s1. The first kappa shape index (κ1) is 20.0. The molecule has 1 atom stereocenters. The maximum atomic E-state index is 13.0. The molecule has 1 saturated carbocycles. The number of nitrogens with one attached hydrogen (secondary N) is 2. The highest BCUT2D eigenvalue weighted by Crippen LogP contribution is 2.34. The second-order valence-electron chi connectivity index (χ2n) is 7.37. The SMILES string of the molecule is COc1cc([C@H]2NC(=O)NC(C)=C2C(=O)OC2CCCCCCC2)ccc1O. The van der Waals surface area contributed by atoms with Crippen LogP contribution in [0.25, 0.3) is 0 Å². The van der Waals surface area contributed by atoms with E-state index in [0.29, 0.717) is 16.8 Å². The zero-order chi connectivity index (χ0) is 20.1. The fourth-order valence-electron chi connectivity index (χ4n) is 3.84. The van der Waals surface area contributed by atoms with Gasteiger partial charge in [-0.15, -0.1) is 0 Å². The van der Waals surface area contributed by atoms with Gasteiger partial charge in [0.25, 0.3) is 0 Å². The van der Waals surface area contributed by atoms with Crippen molar-refractivity contribution in [2.75, 3.05) is 7.11 Å². The smallest absolute Gasteiger partial charge is 0.338 e. The van der Waals surface area contributed by atoms with Crippen molar-refractivity contribution in [1.29, 1.82) is 0 Å². The third-order valence-corrected chi connectivity index (χ3v) is 5.35. The lowest BCUT2D eigenvalue weighted by Crippen LogP contribution is -2.45. The number of phenols is 1. The first-order valence-corrected chi connectivity index (χ1v) is 9.85. The van der Waals surface area contributed by atoms with Crippen LogP contribution >= 0.6 is 0 Å². The van der Waals surface area contributed by atoms with Crippen molar-refractivity contribution in [2.45, 2.75) is 64.0 Å². The minimum atomic E-state index is -0.677. The molecule has 1 aromatic carbocycles. The van der Waals surface area contributed by atoms with Gasteiger partial charge in [0.1, 0.15) is 6.10 Å². The Bertz CT molecular complexity index is 766. The van der Waals surface area contributed by atoms with E-state index in [1.807, 2.05) is 0 Å². The molecule has 3 rings (SSSR count). The fraction of sp³-hybridized carbons (Fsp3) is 0.524. The van der Waals surface area contributed by atoms with E-state index in [1.54, 1.807) is 19.1 Å². The van der Waals surface area contributed by atoms with Gasteiger partial charge in [0, 0.05) is 5.70 Å². The Balaban J connectivity index is 1.85. The number of esters is 1. The van der Waals surface area contributed by atoms with Crippen molar-refractivity contribution in [3.05, 3.63) is 35.0 Å². The quantitative estimate of drug-likeness (QED) is 0.684. The Labute approximate surface area is 165 Å². The highest BCUT2D eigenvalue weighted by atomic mass is 16.5. The predicted octanol–water partition coefficient (Wildman–Crippen LogP) is 3.68. The summed E-state index contributed by atoms with van der Waals surface area (Å²) < 4.78 is 11.0. The molecule has 1 heterocycles. The van der Waals surface area contributed by atoms with Crippen LogP contribution in [0, 0.1) is 0 Å². The van der Waals surface area contributed by atoms with Crippen LogP contribution in [0.15, 0.2) is 29.5 Å². The van der Waals surface area contributed by atoms with Crippen molar-refractivity contribution < 1.29 is 24.2 Å². The Morgan fingerprint density at radius 3 is 2.50 bits per heavy atom. The van der Waals surface area contributed by atoms with Gasteiger partial charge in [-0.3, -0.25) is 0 Å². The number of urea groups is 1. The Morgan fingerprint density at radius 1 is 1.14 bits per heavy atom. The molecule has 1 aliphatic heterocycles. The molecule has 0 aromatic heterocycles. The summed E-state index contributed by atoms with van der Waals surface area (Å²) in [5, 5.41) is 15.3. The molecule has 3 N–H and O–H groups in total. The van der Waals surface area contributed by atoms with E-state index in [1.165, 1.54) is 32.4 Å². The second-order valence-corrected chi connectivity index (χ2v) is 7.37. The van der Waals surface area contributed by atoms with E-state index in [0.717, 1.165) is 25.7 Å². The molecule has 1 aromatic rings. The third kappa shape index (κ3) is 4.58. The predicted molar refractivity (Wildman–Crippen MR) is 104 cm³/mol. The summed E-state index contributed by atoms with van der Waals surface area (Å²) in [5.41, 5.74) is 1.47. The lowest BCUT2D eigenvalue weighted by Gasteiger charge is -2.30. The molecule has 7 nitrogen and oxygen atoms in total. The summed E-state index contributed by atoms with van der Waals surface area (Å²) in [6.45, 7) is 1.69. The number of allylic oxidation sites excluding steroid dienone is 1. The zero-order valence-electron chi connectivity index (χ0n) is 16.4. The number of ether oxygens (including phenoxy) is 2. The van der Waals surface area contributed by atoms with E-state index in [2.05, 4.69) is 10.6 Å². The lowest BCUT2D eigenvalue weighted by molar-refractivity contribution is -0.145. The second kappa shape index (κ2) is 8.99. The Morgan fingerprint density at radius 2 is 1.82 bits per heavy atom. The normalized spacial score (nSPS) is 21.2. The largest absolute Gasteiger partial charge is 0.504 e. The van der Waals surface area contributed by atoms with E-state index in [4.69, 9.17) is 9.47 Å². The average molecular weight is 388 g/mol. The van der Waals surface area contributed by atoms with Crippen molar-refractivity contribution in [1.82, 2.24) is 10.6 Å². The average Bonchev–Trinajstić information content (AvgIpc) is 2.63. The number of methoxy groups -OCH3 is 1. The number of hydrogen-bond acceptors (Lipinski definition) is 5. The lowest BCUT2D eigenvalue weighted by atomic mass is 9.94. The number of amides is 2. The maximum Gasteiger partial charge on any atom is 0.338 e. The van der Waals surface area contributed by atoms with Crippen LogP contribution in [0.3, 0.4) is 0 Å². The molecule has 2 aliphatic rings. The molecule has 0 saturated heterocycles.